The summed E-state index contributed by atoms with van der Waals surface area (Å²) < 4.78 is 17.3. The van der Waals surface area contributed by atoms with E-state index < -0.39 is 5.91 Å². The first-order valence-electron chi connectivity index (χ1n) is 13.1. The zero-order valence-corrected chi connectivity index (χ0v) is 22.2. The van der Waals surface area contributed by atoms with Crippen LogP contribution >= 0.6 is 0 Å². The SMILES string of the molecule is Cc1cc(C(=O)Nc2ccc3c(c2)C(=O)N(C)[C@@H]2CC[C@@H](CC(=O)N[C@@H](C)c4ccccc4)O[C@H]2CO3)no1. The van der Waals surface area contributed by atoms with Crippen molar-refractivity contribution in [1.29, 1.82) is 0 Å². The van der Waals surface area contributed by atoms with Crippen molar-refractivity contribution in [2.75, 3.05) is 19.0 Å². The number of nitrogens with zero attached hydrogens (tertiary/aromatic N) is 2. The number of rotatable bonds is 6. The van der Waals surface area contributed by atoms with E-state index in [0.29, 0.717) is 35.6 Å². The van der Waals surface area contributed by atoms with Crippen molar-refractivity contribution >= 4 is 23.4 Å². The molecule has 3 aromatic rings. The summed E-state index contributed by atoms with van der Waals surface area (Å²) in [6.07, 6.45) is 0.923. The minimum Gasteiger partial charge on any atom is -0.490 e. The van der Waals surface area contributed by atoms with Crippen LogP contribution in [-0.4, -0.2) is 59.7 Å². The molecule has 0 radical (unpaired) electrons. The minimum atomic E-state index is -0.437. The summed E-state index contributed by atoms with van der Waals surface area (Å²) in [5, 5.41) is 9.51. The van der Waals surface area contributed by atoms with E-state index in [2.05, 4.69) is 15.8 Å². The zero-order valence-electron chi connectivity index (χ0n) is 22.2. The lowest BCUT2D eigenvalue weighted by Gasteiger charge is -2.42. The Labute approximate surface area is 226 Å². The van der Waals surface area contributed by atoms with Crippen molar-refractivity contribution in [3.8, 4) is 5.75 Å². The lowest BCUT2D eigenvalue weighted by atomic mass is 9.94. The maximum atomic E-state index is 13.5. The number of aryl methyl sites for hydroxylation is 1. The summed E-state index contributed by atoms with van der Waals surface area (Å²) in [5.74, 6) is 0.183. The molecule has 5 rings (SSSR count). The summed E-state index contributed by atoms with van der Waals surface area (Å²) in [5.41, 5.74) is 1.98. The first-order valence-corrected chi connectivity index (χ1v) is 13.1. The highest BCUT2D eigenvalue weighted by Crippen LogP contribution is 2.32. The topological polar surface area (TPSA) is 123 Å². The number of ether oxygens (including phenoxy) is 2. The Morgan fingerprint density at radius 2 is 1.92 bits per heavy atom. The number of carbonyl (C=O) groups is 3. The highest BCUT2D eigenvalue weighted by Gasteiger charge is 2.39. The number of hydrogen-bond donors (Lipinski definition) is 2. The fraction of sp³-hybridized carbons (Fsp3) is 0.379. The maximum Gasteiger partial charge on any atom is 0.277 e. The lowest BCUT2D eigenvalue weighted by Crippen LogP contribution is -2.54. The summed E-state index contributed by atoms with van der Waals surface area (Å²) in [4.78, 5) is 40.3. The van der Waals surface area contributed by atoms with E-state index in [-0.39, 0.29) is 54.8 Å². The Morgan fingerprint density at radius 1 is 1.13 bits per heavy atom. The standard InChI is InChI=1S/C29H32N4O6/c1-17-13-23(32-39-17)28(35)31-20-9-12-25-22(14-20)29(36)33(3)24-11-10-21(38-26(24)16-37-25)15-27(34)30-18(2)19-7-5-4-6-8-19/h4-9,12-14,18,21,24,26H,10-11,15-16H2,1-3H3,(H,30,34)(H,31,35)/t18-,21-,24+,26-/m0/s1. The molecule has 1 fully saturated rings. The van der Waals surface area contributed by atoms with Gasteiger partial charge in [0.1, 0.15) is 24.2 Å². The number of benzene rings is 2. The van der Waals surface area contributed by atoms with E-state index in [9.17, 15) is 14.4 Å². The number of hydrogen-bond acceptors (Lipinski definition) is 7. The minimum absolute atomic E-state index is 0.0771. The third-order valence-electron chi connectivity index (χ3n) is 7.22. The van der Waals surface area contributed by atoms with Gasteiger partial charge in [-0.05, 0) is 50.5 Å². The van der Waals surface area contributed by atoms with E-state index in [4.69, 9.17) is 14.0 Å². The molecule has 0 aliphatic carbocycles. The smallest absolute Gasteiger partial charge is 0.277 e. The van der Waals surface area contributed by atoms with Crippen LogP contribution in [0.1, 0.15) is 64.4 Å². The molecule has 3 amide bonds. The van der Waals surface area contributed by atoms with Crippen LogP contribution in [0.3, 0.4) is 0 Å². The van der Waals surface area contributed by atoms with Gasteiger partial charge in [0.25, 0.3) is 11.8 Å². The number of fused-ring (bicyclic) bond motifs is 2. The van der Waals surface area contributed by atoms with E-state index in [1.807, 2.05) is 37.3 Å². The summed E-state index contributed by atoms with van der Waals surface area (Å²) >= 11 is 0. The molecule has 10 heteroatoms. The molecule has 0 spiro atoms. The molecule has 2 aliphatic heterocycles. The second-order valence-electron chi connectivity index (χ2n) is 10.1. The summed E-state index contributed by atoms with van der Waals surface area (Å²) in [6, 6.07) is 16.0. The molecule has 2 aliphatic rings. The molecule has 3 heterocycles. The van der Waals surface area contributed by atoms with Crippen molar-refractivity contribution < 1.29 is 28.4 Å². The Hall–Kier alpha value is -4.18. The van der Waals surface area contributed by atoms with Gasteiger partial charge in [-0.2, -0.15) is 0 Å². The van der Waals surface area contributed by atoms with Crippen molar-refractivity contribution in [2.45, 2.75) is 57.4 Å². The van der Waals surface area contributed by atoms with E-state index in [0.717, 1.165) is 5.56 Å². The second-order valence-corrected chi connectivity index (χ2v) is 10.1. The molecular weight excluding hydrogens is 500 g/mol. The van der Waals surface area contributed by atoms with Gasteiger partial charge in [-0.15, -0.1) is 0 Å². The Kier molecular flexibility index (Phi) is 7.65. The first kappa shape index (κ1) is 26.4. The molecule has 1 saturated heterocycles. The predicted octanol–water partition coefficient (Wildman–Crippen LogP) is 3.88. The van der Waals surface area contributed by atoms with Crippen molar-refractivity contribution in [3.05, 3.63) is 77.2 Å². The van der Waals surface area contributed by atoms with Gasteiger partial charge < -0.3 is 29.5 Å². The van der Waals surface area contributed by atoms with Crippen LogP contribution in [0.15, 0.2) is 59.1 Å². The molecule has 204 valence electrons. The van der Waals surface area contributed by atoms with Gasteiger partial charge in [-0.25, -0.2) is 0 Å². The Balaban J connectivity index is 1.23. The van der Waals surface area contributed by atoms with Crippen LogP contribution in [-0.2, 0) is 9.53 Å². The van der Waals surface area contributed by atoms with Crippen molar-refractivity contribution in [3.63, 3.8) is 0 Å². The zero-order chi connectivity index (χ0) is 27.5. The second kappa shape index (κ2) is 11.3. The fourth-order valence-electron chi connectivity index (χ4n) is 5.11. The number of carbonyl (C=O) groups excluding carboxylic acids is 3. The monoisotopic (exact) mass is 532 g/mol. The third kappa shape index (κ3) is 5.96. The molecule has 1 aromatic heterocycles. The molecule has 2 N–H and O–H groups in total. The van der Waals surface area contributed by atoms with Crippen LogP contribution in [0, 0.1) is 6.92 Å². The number of anilines is 1. The molecule has 2 aromatic carbocycles. The van der Waals surface area contributed by atoms with Gasteiger partial charge in [0, 0.05) is 18.8 Å². The third-order valence-corrected chi connectivity index (χ3v) is 7.22. The lowest BCUT2D eigenvalue weighted by molar-refractivity contribution is -0.134. The quantitative estimate of drug-likeness (QED) is 0.494. The Bertz CT molecular complexity index is 1360. The van der Waals surface area contributed by atoms with Crippen LogP contribution in [0.4, 0.5) is 5.69 Å². The van der Waals surface area contributed by atoms with Crippen LogP contribution < -0.4 is 15.4 Å². The number of aromatic nitrogens is 1. The van der Waals surface area contributed by atoms with Gasteiger partial charge in [-0.3, -0.25) is 14.4 Å². The molecule has 4 atom stereocenters. The molecule has 39 heavy (non-hydrogen) atoms. The average molecular weight is 533 g/mol. The summed E-state index contributed by atoms with van der Waals surface area (Å²) in [6.45, 7) is 3.89. The normalized spacial score (nSPS) is 21.5. The van der Waals surface area contributed by atoms with Gasteiger partial charge in [0.05, 0.1) is 30.2 Å². The maximum absolute atomic E-state index is 13.5. The van der Waals surface area contributed by atoms with Gasteiger partial charge in [0.2, 0.25) is 5.91 Å². The number of nitrogens with one attached hydrogen (secondary N) is 2. The van der Waals surface area contributed by atoms with E-state index in [1.165, 1.54) is 6.07 Å². The van der Waals surface area contributed by atoms with E-state index >= 15 is 0 Å². The highest BCUT2D eigenvalue weighted by atomic mass is 16.5. The number of amides is 3. The number of likely N-dealkylation sites (N-methyl/N-ethyl adjacent to an activating group) is 1. The van der Waals surface area contributed by atoms with Crippen LogP contribution in [0.2, 0.25) is 0 Å². The van der Waals surface area contributed by atoms with Gasteiger partial charge >= 0.3 is 0 Å². The molecule has 0 saturated carbocycles. The highest BCUT2D eigenvalue weighted by molar-refractivity contribution is 6.04. The molecule has 0 unspecified atom stereocenters. The molecule has 0 bridgehead atoms. The van der Waals surface area contributed by atoms with Gasteiger partial charge in [-0.1, -0.05) is 35.5 Å². The molecule has 10 nitrogen and oxygen atoms in total. The van der Waals surface area contributed by atoms with Crippen molar-refractivity contribution in [2.24, 2.45) is 0 Å². The van der Waals surface area contributed by atoms with Gasteiger partial charge in [0.15, 0.2) is 5.69 Å². The van der Waals surface area contributed by atoms with Crippen molar-refractivity contribution in [1.82, 2.24) is 15.4 Å². The van der Waals surface area contributed by atoms with E-state index in [1.54, 1.807) is 37.1 Å². The van der Waals surface area contributed by atoms with Crippen LogP contribution in [0.25, 0.3) is 0 Å². The predicted molar refractivity (Wildman–Crippen MR) is 143 cm³/mol. The molecular formula is C29H32N4O6. The largest absolute Gasteiger partial charge is 0.490 e. The van der Waals surface area contributed by atoms with Crippen LogP contribution in [0.5, 0.6) is 5.75 Å². The average Bonchev–Trinajstić information content (AvgIpc) is 3.38. The first-order chi connectivity index (χ1) is 18.8. The summed E-state index contributed by atoms with van der Waals surface area (Å²) in [7, 11) is 1.75. The Morgan fingerprint density at radius 3 is 2.67 bits per heavy atom. The fourth-order valence-corrected chi connectivity index (χ4v) is 5.11.